The molecule has 1 aromatic heterocycles. The molecular formula is C18H16N2O4. The molecule has 0 aliphatic carbocycles. The Labute approximate surface area is 137 Å². The Balaban J connectivity index is 1.77. The van der Waals surface area contributed by atoms with Gasteiger partial charge in [-0.25, -0.2) is 4.79 Å². The van der Waals surface area contributed by atoms with Gasteiger partial charge in [-0.3, -0.25) is 14.2 Å². The molecule has 3 aromatic rings. The van der Waals surface area contributed by atoms with Gasteiger partial charge in [0.1, 0.15) is 6.54 Å². The molecule has 6 heteroatoms. The molecule has 0 spiro atoms. The summed E-state index contributed by atoms with van der Waals surface area (Å²) in [6.45, 7) is 1.68. The van der Waals surface area contributed by atoms with Crippen molar-refractivity contribution < 1.29 is 14.0 Å². The molecule has 0 saturated carbocycles. The molecule has 1 heterocycles. The molecule has 0 bridgehead atoms. The van der Waals surface area contributed by atoms with Crippen LogP contribution in [0.4, 0.5) is 0 Å². The largest absolute Gasteiger partial charge is 0.420 e. The summed E-state index contributed by atoms with van der Waals surface area (Å²) in [5.74, 6) is -1.03. The summed E-state index contributed by atoms with van der Waals surface area (Å²) in [7, 11) is 0. The number of carbonyl (C=O) groups is 2. The Morgan fingerprint density at radius 2 is 1.88 bits per heavy atom. The van der Waals surface area contributed by atoms with Gasteiger partial charge in [0.05, 0.1) is 5.52 Å². The molecular weight excluding hydrogens is 308 g/mol. The van der Waals surface area contributed by atoms with E-state index < -0.39 is 5.76 Å². The zero-order chi connectivity index (χ0) is 17.1. The quantitative estimate of drug-likeness (QED) is 0.729. The summed E-state index contributed by atoms with van der Waals surface area (Å²) in [4.78, 5) is 35.4. The third kappa shape index (κ3) is 3.27. The van der Waals surface area contributed by atoms with Crippen molar-refractivity contribution in [3.63, 3.8) is 0 Å². The van der Waals surface area contributed by atoms with E-state index in [1.807, 2.05) is 30.3 Å². The summed E-state index contributed by atoms with van der Waals surface area (Å²) < 4.78 is 6.38. The maximum absolute atomic E-state index is 12.1. The van der Waals surface area contributed by atoms with Gasteiger partial charge >= 0.3 is 5.76 Å². The summed E-state index contributed by atoms with van der Waals surface area (Å²) >= 11 is 0. The molecule has 0 aliphatic rings. The average molecular weight is 324 g/mol. The van der Waals surface area contributed by atoms with E-state index >= 15 is 0 Å². The lowest BCUT2D eigenvalue weighted by atomic mass is 10.1. The molecule has 0 fully saturated rings. The van der Waals surface area contributed by atoms with Gasteiger partial charge in [0.25, 0.3) is 0 Å². The molecule has 6 nitrogen and oxygen atoms in total. The van der Waals surface area contributed by atoms with Gasteiger partial charge in [0, 0.05) is 12.1 Å². The average Bonchev–Trinajstić information content (AvgIpc) is 2.89. The molecule has 0 unspecified atom stereocenters. The first-order valence-electron chi connectivity index (χ1n) is 7.49. The van der Waals surface area contributed by atoms with E-state index in [-0.39, 0.29) is 18.2 Å². The SMILES string of the molecule is CC(=O)c1ccc2c(c1)oc(=O)n2CC(=O)NCc1ccccc1. The van der Waals surface area contributed by atoms with Crippen LogP contribution in [0.5, 0.6) is 0 Å². The molecule has 2 aromatic carbocycles. The van der Waals surface area contributed by atoms with Crippen molar-refractivity contribution in [2.45, 2.75) is 20.0 Å². The number of aromatic nitrogens is 1. The first-order chi connectivity index (χ1) is 11.5. The van der Waals surface area contributed by atoms with Crippen LogP contribution in [-0.4, -0.2) is 16.3 Å². The molecule has 3 rings (SSSR count). The Bertz CT molecular complexity index is 954. The topological polar surface area (TPSA) is 81.3 Å². The monoisotopic (exact) mass is 324 g/mol. The van der Waals surface area contributed by atoms with Gasteiger partial charge in [-0.15, -0.1) is 0 Å². The zero-order valence-corrected chi connectivity index (χ0v) is 13.1. The van der Waals surface area contributed by atoms with Crippen LogP contribution in [0, 0.1) is 0 Å². The fraction of sp³-hybridized carbons (Fsp3) is 0.167. The van der Waals surface area contributed by atoms with E-state index in [0.717, 1.165) is 5.56 Å². The van der Waals surface area contributed by atoms with Gasteiger partial charge in [-0.2, -0.15) is 0 Å². The van der Waals surface area contributed by atoms with Crippen LogP contribution < -0.4 is 11.1 Å². The number of fused-ring (bicyclic) bond motifs is 1. The van der Waals surface area contributed by atoms with Crippen molar-refractivity contribution in [3.8, 4) is 0 Å². The number of benzene rings is 2. The Hall–Kier alpha value is -3.15. The van der Waals surface area contributed by atoms with Crippen LogP contribution in [0.2, 0.25) is 0 Å². The highest BCUT2D eigenvalue weighted by molar-refractivity contribution is 5.97. The minimum atomic E-state index is -0.624. The molecule has 0 radical (unpaired) electrons. The van der Waals surface area contributed by atoms with Gasteiger partial charge < -0.3 is 9.73 Å². The van der Waals surface area contributed by atoms with Gasteiger partial charge in [0.2, 0.25) is 5.91 Å². The van der Waals surface area contributed by atoms with Crippen LogP contribution in [0.15, 0.2) is 57.7 Å². The Morgan fingerprint density at radius 1 is 1.12 bits per heavy atom. The van der Waals surface area contributed by atoms with Crippen LogP contribution in [0.25, 0.3) is 11.1 Å². The van der Waals surface area contributed by atoms with E-state index in [0.29, 0.717) is 23.2 Å². The lowest BCUT2D eigenvalue weighted by Crippen LogP contribution is -2.30. The molecule has 1 N–H and O–H groups in total. The fourth-order valence-electron chi connectivity index (χ4n) is 2.43. The number of oxazole rings is 1. The minimum absolute atomic E-state index is 0.118. The van der Waals surface area contributed by atoms with Crippen molar-refractivity contribution in [1.82, 2.24) is 9.88 Å². The number of ketones is 1. The predicted molar refractivity (Wildman–Crippen MR) is 88.8 cm³/mol. The van der Waals surface area contributed by atoms with Gasteiger partial charge in [0.15, 0.2) is 11.4 Å². The maximum Gasteiger partial charge on any atom is 0.420 e. The van der Waals surface area contributed by atoms with Crippen LogP contribution in [0.3, 0.4) is 0 Å². The number of Topliss-reactive ketones (excluding diaryl/α,β-unsaturated/α-hetero) is 1. The second-order valence-electron chi connectivity index (χ2n) is 5.46. The van der Waals surface area contributed by atoms with Crippen LogP contribution >= 0.6 is 0 Å². The molecule has 0 atom stereocenters. The Kier molecular flexibility index (Phi) is 4.29. The highest BCUT2D eigenvalue weighted by Gasteiger charge is 2.14. The second-order valence-corrected chi connectivity index (χ2v) is 5.46. The van der Waals surface area contributed by atoms with E-state index in [1.165, 1.54) is 17.6 Å². The predicted octanol–water partition coefficient (Wildman–Crippen LogP) is 2.11. The number of hydrogen-bond acceptors (Lipinski definition) is 4. The number of nitrogens with one attached hydrogen (secondary N) is 1. The molecule has 0 saturated heterocycles. The highest BCUT2D eigenvalue weighted by Crippen LogP contribution is 2.15. The first-order valence-corrected chi connectivity index (χ1v) is 7.49. The molecule has 0 aliphatic heterocycles. The van der Waals surface area contributed by atoms with Gasteiger partial charge in [-0.05, 0) is 30.7 Å². The van der Waals surface area contributed by atoms with Crippen molar-refractivity contribution in [1.29, 1.82) is 0 Å². The van der Waals surface area contributed by atoms with E-state index in [1.54, 1.807) is 12.1 Å². The summed E-state index contributed by atoms with van der Waals surface area (Å²) in [5, 5.41) is 2.76. The molecule has 1 amide bonds. The number of nitrogens with zero attached hydrogens (tertiary/aromatic N) is 1. The van der Waals surface area contributed by atoms with Crippen molar-refractivity contribution in [2.75, 3.05) is 0 Å². The smallest absolute Gasteiger partial charge is 0.408 e. The lowest BCUT2D eigenvalue weighted by Gasteiger charge is -2.06. The number of amides is 1. The number of rotatable bonds is 5. The Morgan fingerprint density at radius 3 is 2.58 bits per heavy atom. The maximum atomic E-state index is 12.1. The van der Waals surface area contributed by atoms with E-state index in [2.05, 4.69) is 5.32 Å². The van der Waals surface area contributed by atoms with E-state index in [9.17, 15) is 14.4 Å². The van der Waals surface area contributed by atoms with Crippen LogP contribution in [-0.2, 0) is 17.9 Å². The minimum Gasteiger partial charge on any atom is -0.408 e. The third-order valence-corrected chi connectivity index (χ3v) is 3.71. The van der Waals surface area contributed by atoms with Gasteiger partial charge in [-0.1, -0.05) is 30.3 Å². The number of hydrogen-bond donors (Lipinski definition) is 1. The normalized spacial score (nSPS) is 10.7. The second kappa shape index (κ2) is 6.54. The summed E-state index contributed by atoms with van der Waals surface area (Å²) in [5.41, 5.74) is 2.21. The number of carbonyl (C=O) groups excluding carboxylic acids is 2. The molecule has 24 heavy (non-hydrogen) atoms. The highest BCUT2D eigenvalue weighted by atomic mass is 16.4. The lowest BCUT2D eigenvalue weighted by molar-refractivity contribution is -0.121. The van der Waals surface area contributed by atoms with Crippen molar-refractivity contribution in [2.24, 2.45) is 0 Å². The van der Waals surface area contributed by atoms with Crippen molar-refractivity contribution in [3.05, 3.63) is 70.2 Å². The fourth-order valence-corrected chi connectivity index (χ4v) is 2.43. The standard InChI is InChI=1S/C18H16N2O4/c1-12(21)14-7-8-15-16(9-14)24-18(23)20(15)11-17(22)19-10-13-5-3-2-4-6-13/h2-9H,10-11H2,1H3,(H,19,22). The van der Waals surface area contributed by atoms with E-state index in [4.69, 9.17) is 4.42 Å². The van der Waals surface area contributed by atoms with Crippen LogP contribution in [0.1, 0.15) is 22.8 Å². The third-order valence-electron chi connectivity index (χ3n) is 3.71. The van der Waals surface area contributed by atoms with Crippen molar-refractivity contribution >= 4 is 22.8 Å². The summed E-state index contributed by atoms with van der Waals surface area (Å²) in [6, 6.07) is 14.2. The first kappa shape index (κ1) is 15.7. The summed E-state index contributed by atoms with van der Waals surface area (Å²) in [6.07, 6.45) is 0. The zero-order valence-electron chi connectivity index (χ0n) is 13.1. The molecule has 122 valence electrons.